The van der Waals surface area contributed by atoms with Crippen molar-refractivity contribution in [3.05, 3.63) is 72.1 Å². The summed E-state index contributed by atoms with van der Waals surface area (Å²) in [5, 5.41) is 1.94. The van der Waals surface area contributed by atoms with E-state index in [4.69, 9.17) is 4.74 Å². The molecule has 4 aromatic rings. The van der Waals surface area contributed by atoms with Crippen LogP contribution >= 0.6 is 0 Å². The summed E-state index contributed by atoms with van der Waals surface area (Å²) in [5.41, 5.74) is 1.53. The number of sulfone groups is 1. The zero-order valence-corrected chi connectivity index (χ0v) is 17.7. The predicted molar refractivity (Wildman–Crippen MR) is 115 cm³/mol. The van der Waals surface area contributed by atoms with Gasteiger partial charge in [-0.15, -0.1) is 0 Å². The van der Waals surface area contributed by atoms with Crippen LogP contribution in [0, 0.1) is 0 Å². The third-order valence-electron chi connectivity index (χ3n) is 4.93. The molecule has 2 heterocycles. The van der Waals surface area contributed by atoms with E-state index in [1.54, 1.807) is 38.6 Å². The highest BCUT2D eigenvalue weighted by Crippen LogP contribution is 2.23. The molecule has 0 aliphatic carbocycles. The molecule has 0 aliphatic heterocycles. The lowest BCUT2D eigenvalue weighted by molar-refractivity contribution is 0.0781. The number of fused-ring (bicyclic) bond motifs is 2. The molecule has 4 rings (SSSR count). The predicted octanol–water partition coefficient (Wildman–Crippen LogP) is 3.17. The van der Waals surface area contributed by atoms with Crippen LogP contribution in [0.4, 0.5) is 0 Å². The number of aromatic nitrogens is 2. The molecule has 0 fully saturated rings. The van der Waals surface area contributed by atoms with E-state index in [2.05, 4.69) is 4.98 Å². The van der Waals surface area contributed by atoms with Crippen LogP contribution in [0.3, 0.4) is 0 Å². The number of nitrogens with zero attached hydrogens (tertiary/aromatic N) is 3. The monoisotopic (exact) mass is 423 g/mol. The second kappa shape index (κ2) is 7.46. The number of hydrogen-bond acceptors (Lipinski definition) is 5. The molecule has 2 aromatic carbocycles. The Morgan fingerprint density at radius 2 is 1.83 bits per heavy atom. The zero-order valence-electron chi connectivity index (χ0n) is 16.9. The van der Waals surface area contributed by atoms with Crippen LogP contribution in [0.1, 0.15) is 16.1 Å². The van der Waals surface area contributed by atoms with Crippen LogP contribution in [0.2, 0.25) is 0 Å². The summed E-state index contributed by atoms with van der Waals surface area (Å²) >= 11 is 0. The Balaban J connectivity index is 1.65. The van der Waals surface area contributed by atoms with E-state index in [9.17, 15) is 13.2 Å². The van der Waals surface area contributed by atoms with Crippen molar-refractivity contribution in [1.29, 1.82) is 0 Å². The summed E-state index contributed by atoms with van der Waals surface area (Å²) in [6, 6.07) is 16.9. The molecule has 7 nitrogen and oxygen atoms in total. The maximum atomic E-state index is 13.1. The molecular weight excluding hydrogens is 402 g/mol. The number of ether oxygens (including phenoxy) is 1. The van der Waals surface area contributed by atoms with Gasteiger partial charge in [-0.2, -0.15) is 0 Å². The normalized spacial score (nSPS) is 11.7. The largest absolute Gasteiger partial charge is 0.497 e. The Morgan fingerprint density at radius 3 is 2.57 bits per heavy atom. The Hall–Kier alpha value is -3.39. The van der Waals surface area contributed by atoms with Crippen molar-refractivity contribution in [2.24, 2.45) is 0 Å². The SMILES string of the molecule is COc1ccc2cc(CN(C)C(=O)c3nc(S(C)(=O)=O)n4ccccc34)ccc2c1. The topological polar surface area (TPSA) is 81.0 Å². The number of methoxy groups -OCH3 is 1. The van der Waals surface area contributed by atoms with Gasteiger partial charge in [-0.1, -0.05) is 24.3 Å². The second-order valence-corrected chi connectivity index (χ2v) is 9.09. The van der Waals surface area contributed by atoms with E-state index < -0.39 is 9.84 Å². The lowest BCUT2D eigenvalue weighted by atomic mass is 10.1. The molecule has 0 saturated carbocycles. The third kappa shape index (κ3) is 3.61. The van der Waals surface area contributed by atoms with Crippen molar-refractivity contribution < 1.29 is 17.9 Å². The van der Waals surface area contributed by atoms with Crippen molar-refractivity contribution in [1.82, 2.24) is 14.3 Å². The second-order valence-electron chi connectivity index (χ2n) is 7.18. The first-order chi connectivity index (χ1) is 14.3. The first kappa shape index (κ1) is 19.9. The number of rotatable bonds is 5. The molecule has 8 heteroatoms. The molecule has 1 amide bonds. The molecule has 0 spiro atoms. The van der Waals surface area contributed by atoms with Crippen molar-refractivity contribution in [3.63, 3.8) is 0 Å². The van der Waals surface area contributed by atoms with Crippen LogP contribution in [0.5, 0.6) is 5.75 Å². The molecule has 0 aliphatic rings. The highest BCUT2D eigenvalue weighted by Gasteiger charge is 2.24. The standard InChI is InChI=1S/C22H21N3O4S/c1-24(14-15-7-8-17-13-18(29-2)10-9-16(17)12-15)21(26)20-19-6-4-5-11-25(19)22(23-20)30(3,27)28/h4-13H,14H2,1-3H3. The molecule has 30 heavy (non-hydrogen) atoms. The maximum absolute atomic E-state index is 13.1. The van der Waals surface area contributed by atoms with Gasteiger partial charge >= 0.3 is 0 Å². The lowest BCUT2D eigenvalue weighted by Gasteiger charge is -2.17. The molecule has 2 aromatic heterocycles. The maximum Gasteiger partial charge on any atom is 0.274 e. The number of benzene rings is 2. The van der Waals surface area contributed by atoms with E-state index in [0.29, 0.717) is 12.1 Å². The van der Waals surface area contributed by atoms with Gasteiger partial charge in [0.05, 0.1) is 12.6 Å². The average molecular weight is 423 g/mol. The van der Waals surface area contributed by atoms with E-state index in [0.717, 1.165) is 28.3 Å². The van der Waals surface area contributed by atoms with Crippen LogP contribution in [-0.2, 0) is 16.4 Å². The van der Waals surface area contributed by atoms with Gasteiger partial charge in [0.2, 0.25) is 15.0 Å². The van der Waals surface area contributed by atoms with Gasteiger partial charge in [0.25, 0.3) is 5.91 Å². The van der Waals surface area contributed by atoms with E-state index >= 15 is 0 Å². The molecule has 154 valence electrons. The van der Waals surface area contributed by atoms with Crippen molar-refractivity contribution in [2.75, 3.05) is 20.4 Å². The number of amides is 1. The summed E-state index contributed by atoms with van der Waals surface area (Å²) in [6.45, 7) is 0.362. The first-order valence-corrected chi connectivity index (χ1v) is 11.2. The molecule has 0 saturated heterocycles. The summed E-state index contributed by atoms with van der Waals surface area (Å²) in [5.74, 6) is 0.444. The van der Waals surface area contributed by atoms with E-state index in [1.807, 2.05) is 36.4 Å². The van der Waals surface area contributed by atoms with Gasteiger partial charge in [0.15, 0.2) is 5.69 Å². The van der Waals surface area contributed by atoms with Crippen molar-refractivity contribution in [3.8, 4) is 5.75 Å². The first-order valence-electron chi connectivity index (χ1n) is 9.27. The Labute approximate surface area is 174 Å². The van der Waals surface area contributed by atoms with Crippen LogP contribution in [0.15, 0.2) is 66.0 Å². The average Bonchev–Trinajstić information content (AvgIpc) is 3.13. The van der Waals surface area contributed by atoms with E-state index in [1.165, 1.54) is 9.30 Å². The number of pyridine rings is 1. The van der Waals surface area contributed by atoms with E-state index in [-0.39, 0.29) is 16.8 Å². The lowest BCUT2D eigenvalue weighted by Crippen LogP contribution is -2.26. The quantitative estimate of drug-likeness (QED) is 0.493. The van der Waals surface area contributed by atoms with Gasteiger partial charge in [0, 0.05) is 26.0 Å². The fourth-order valence-electron chi connectivity index (χ4n) is 3.45. The molecule has 0 atom stereocenters. The Kier molecular flexibility index (Phi) is 4.95. The van der Waals surface area contributed by atoms with Gasteiger partial charge in [-0.05, 0) is 46.7 Å². The fourth-order valence-corrected chi connectivity index (χ4v) is 4.23. The number of hydrogen-bond donors (Lipinski definition) is 0. The number of carbonyl (C=O) groups is 1. The summed E-state index contributed by atoms with van der Waals surface area (Å²) in [4.78, 5) is 18.8. The zero-order chi connectivity index (χ0) is 21.5. The van der Waals surface area contributed by atoms with Crippen molar-refractivity contribution >= 4 is 32.0 Å². The Bertz CT molecular complexity index is 1380. The van der Waals surface area contributed by atoms with Crippen LogP contribution in [-0.4, -0.2) is 49.0 Å². The summed E-state index contributed by atoms with van der Waals surface area (Å²) < 4.78 is 30.9. The highest BCUT2D eigenvalue weighted by atomic mass is 32.2. The van der Waals surface area contributed by atoms with Crippen LogP contribution in [0.25, 0.3) is 16.3 Å². The fraction of sp³-hybridized carbons (Fsp3) is 0.182. The molecule has 0 bridgehead atoms. The summed E-state index contributed by atoms with van der Waals surface area (Å²) in [7, 11) is -0.281. The van der Waals surface area contributed by atoms with Gasteiger partial charge < -0.3 is 9.64 Å². The molecule has 0 radical (unpaired) electrons. The minimum atomic E-state index is -3.59. The van der Waals surface area contributed by atoms with Crippen LogP contribution < -0.4 is 4.74 Å². The smallest absolute Gasteiger partial charge is 0.274 e. The number of carbonyl (C=O) groups excluding carboxylic acids is 1. The van der Waals surface area contributed by atoms with Gasteiger partial charge in [0.1, 0.15) is 5.75 Å². The van der Waals surface area contributed by atoms with Crippen molar-refractivity contribution in [2.45, 2.75) is 11.7 Å². The van der Waals surface area contributed by atoms with Gasteiger partial charge in [-0.25, -0.2) is 13.4 Å². The molecule has 0 unspecified atom stereocenters. The highest BCUT2D eigenvalue weighted by molar-refractivity contribution is 7.90. The minimum absolute atomic E-state index is 0.115. The van der Waals surface area contributed by atoms with Gasteiger partial charge in [-0.3, -0.25) is 9.20 Å². The molecule has 0 N–H and O–H groups in total. The minimum Gasteiger partial charge on any atom is -0.497 e. The Morgan fingerprint density at radius 1 is 1.10 bits per heavy atom. The number of imidazole rings is 1. The molecular formula is C22H21N3O4S. The summed E-state index contributed by atoms with van der Waals surface area (Å²) in [6.07, 6.45) is 2.67. The third-order valence-corrected chi connectivity index (χ3v) is 5.88.